The molecule has 1 heterocycles. The summed E-state index contributed by atoms with van der Waals surface area (Å²) in [4.78, 5) is 116. The Labute approximate surface area is 567 Å². The lowest BCUT2D eigenvalue weighted by molar-refractivity contribution is -0.346. The molecule has 97 heavy (non-hydrogen) atoms. The monoisotopic (exact) mass is 1330 g/mol. The van der Waals surface area contributed by atoms with Crippen LogP contribution in [-0.2, 0) is 61.9 Å². The highest BCUT2D eigenvalue weighted by Gasteiger charge is 2.79. The number of Topliss-reactive ketones (excluding diaryl/α,β-unsaturated/α-hetero) is 1. The van der Waals surface area contributed by atoms with Gasteiger partial charge in [0.2, 0.25) is 0 Å². The standard InChI is InChI=1S/C78H93NO18/c1-44(55-35-36-56-50(28-20-40-75(55,56)8)32-31-49-27-19-29-57(82)45(49)2)30-37-58(51-33-34-51)93-62(83)38-39-63(84)95-60-41-61-77(43-91-61,97-48(5)81)68-70(96-72(88)54-25-17-12-18-26-54)78(90)42-59(46(3)64(74(78,6)7)67(92-47(4)80)69(86)76(60,68)9)94-73(89)66(85)65(52-21-13-10-14-22-52)79-71(87)53-23-15-11-16-24-53/h10-18,21-26,30-32,37,44,51,55-61,65-68,70,82,85,90H,2,19-20,27-29,33-36,38-43H2,1,3-9H3,(H,79,87)/b37-30+,49-31-,50-32+/t44-,55?,56?,57-,58?,59?,60?,61?,65?,66?,67?,68?,70?,75+,76?,77?,78?/m0/s1. The smallest absolute Gasteiger partial charge is 0.338 e. The van der Waals surface area contributed by atoms with Crippen molar-refractivity contribution in [1.82, 2.24) is 5.32 Å². The van der Waals surface area contributed by atoms with E-state index in [2.05, 4.69) is 44.0 Å². The van der Waals surface area contributed by atoms with Gasteiger partial charge < -0.3 is 53.8 Å². The van der Waals surface area contributed by atoms with Crippen molar-refractivity contribution in [1.29, 1.82) is 0 Å². The molecule has 1 amide bonds. The van der Waals surface area contributed by atoms with Crippen molar-refractivity contribution in [3.63, 3.8) is 0 Å². The maximum atomic E-state index is 16.6. The summed E-state index contributed by atoms with van der Waals surface area (Å²) in [7, 11) is 0. The number of esters is 6. The van der Waals surface area contributed by atoms with Gasteiger partial charge in [-0.05, 0) is 165 Å². The average Bonchev–Trinajstić information content (AvgIpc) is 0.923. The second-order valence-electron chi connectivity index (χ2n) is 29.3. The van der Waals surface area contributed by atoms with E-state index in [1.54, 1.807) is 92.7 Å². The lowest BCUT2D eigenvalue weighted by Gasteiger charge is -2.67. The largest absolute Gasteiger partial charge is 0.461 e. The summed E-state index contributed by atoms with van der Waals surface area (Å²) in [5.41, 5.74) is -4.39. The van der Waals surface area contributed by atoms with E-state index >= 15 is 4.79 Å². The number of hydrogen-bond donors (Lipinski definition) is 4. The Morgan fingerprint density at radius 2 is 1.43 bits per heavy atom. The third-order valence-corrected chi connectivity index (χ3v) is 23.1. The molecule has 518 valence electrons. The molecule has 14 unspecified atom stereocenters. The van der Waals surface area contributed by atoms with Crippen LogP contribution in [0.15, 0.2) is 150 Å². The Bertz CT molecular complexity index is 3660. The number of benzene rings is 3. The number of allylic oxidation sites excluding steroid dienone is 4. The molecular formula is C78H93NO18. The van der Waals surface area contributed by atoms with Crippen LogP contribution in [0.3, 0.4) is 0 Å². The average molecular weight is 1330 g/mol. The minimum atomic E-state index is -2.54. The molecule has 4 N–H and O–H groups in total. The first-order valence-corrected chi connectivity index (χ1v) is 34.5. The van der Waals surface area contributed by atoms with Gasteiger partial charge in [-0.1, -0.05) is 125 Å². The highest BCUT2D eigenvalue weighted by atomic mass is 16.6. The topological polar surface area (TPSA) is 274 Å². The molecule has 3 aromatic rings. The lowest BCUT2D eigenvalue weighted by atomic mass is 9.44. The van der Waals surface area contributed by atoms with Crippen LogP contribution in [0.1, 0.15) is 178 Å². The molecule has 6 saturated carbocycles. The summed E-state index contributed by atoms with van der Waals surface area (Å²) in [6, 6.07) is 22.8. The molecule has 7 fully saturated rings. The van der Waals surface area contributed by atoms with Crippen LogP contribution in [0.25, 0.3) is 0 Å². The molecule has 17 atom stereocenters. The molecule has 0 aromatic heterocycles. The van der Waals surface area contributed by atoms with Crippen LogP contribution in [0, 0.1) is 45.8 Å². The van der Waals surface area contributed by atoms with Crippen LogP contribution in [0.4, 0.5) is 0 Å². The minimum absolute atomic E-state index is 0.0133. The van der Waals surface area contributed by atoms with E-state index in [-0.39, 0.29) is 45.9 Å². The number of nitrogens with one attached hydrogen (secondary N) is 1. The SMILES string of the molecule is C=C1/C(=C\C=C2/CCC[C@@]3(C)C2CCC3[C@@H](C)/C=C/C(OC(=O)CCC(=O)OC2CC3OCC3(OC(C)=O)C3C(OC(=O)c4ccccc4)C4(O)CC(OC(=O)C(O)C(NC(=O)c5ccccc5)c5ccccc5)C(C)=C(C(OC(C)=O)C(=O)C23C)C4(C)C)C2CC2)CCC[C@@H]1O. The highest BCUT2D eigenvalue weighted by molar-refractivity contribution is 5.97. The lowest BCUT2D eigenvalue weighted by Crippen LogP contribution is -2.82. The highest BCUT2D eigenvalue weighted by Crippen LogP contribution is 2.66. The molecule has 2 bridgehead atoms. The predicted molar refractivity (Wildman–Crippen MR) is 355 cm³/mol. The van der Waals surface area contributed by atoms with Crippen molar-refractivity contribution in [2.24, 2.45) is 45.8 Å². The van der Waals surface area contributed by atoms with Gasteiger partial charge in [0.1, 0.15) is 36.1 Å². The van der Waals surface area contributed by atoms with Gasteiger partial charge in [-0.3, -0.25) is 28.8 Å². The number of fused-ring (bicyclic) bond motifs is 6. The number of amides is 1. The quantitative estimate of drug-likeness (QED) is 0.0465. The van der Waals surface area contributed by atoms with E-state index in [0.717, 1.165) is 89.2 Å². The fourth-order valence-corrected chi connectivity index (χ4v) is 17.7. The van der Waals surface area contributed by atoms with Gasteiger partial charge in [0.25, 0.3) is 5.91 Å². The first kappa shape index (κ1) is 70.5. The third kappa shape index (κ3) is 13.6. The molecule has 19 nitrogen and oxygen atoms in total. The zero-order valence-corrected chi connectivity index (χ0v) is 56.8. The first-order chi connectivity index (χ1) is 46.1. The molecule has 1 saturated heterocycles. The Morgan fingerprint density at radius 3 is 2.07 bits per heavy atom. The summed E-state index contributed by atoms with van der Waals surface area (Å²) in [5.74, 6) is -7.80. The summed E-state index contributed by atoms with van der Waals surface area (Å²) in [6.45, 7) is 16.7. The number of ketones is 1. The van der Waals surface area contributed by atoms with E-state index in [9.17, 15) is 48.9 Å². The summed E-state index contributed by atoms with van der Waals surface area (Å²) in [5, 5.41) is 39.6. The fraction of sp³-hybridized carbons (Fsp3) is 0.538. The van der Waals surface area contributed by atoms with Crippen molar-refractivity contribution < 1.29 is 86.8 Å². The second-order valence-corrected chi connectivity index (χ2v) is 29.3. The van der Waals surface area contributed by atoms with Crippen LogP contribution >= 0.6 is 0 Å². The van der Waals surface area contributed by atoms with E-state index in [4.69, 9.17) is 33.2 Å². The predicted octanol–water partition coefficient (Wildman–Crippen LogP) is 10.8. The van der Waals surface area contributed by atoms with Gasteiger partial charge in [-0.15, -0.1) is 0 Å². The Hall–Kier alpha value is -7.84. The number of aliphatic hydroxyl groups is 3. The summed E-state index contributed by atoms with van der Waals surface area (Å²) < 4.78 is 44.1. The van der Waals surface area contributed by atoms with Gasteiger partial charge in [-0.25, -0.2) is 9.59 Å². The van der Waals surface area contributed by atoms with Gasteiger partial charge in [0.15, 0.2) is 23.6 Å². The van der Waals surface area contributed by atoms with Crippen molar-refractivity contribution in [3.05, 3.63) is 166 Å². The number of carbonyl (C=O) groups is 8. The third-order valence-electron chi connectivity index (χ3n) is 23.1. The molecule has 1 aliphatic heterocycles. The van der Waals surface area contributed by atoms with Gasteiger partial charge in [-0.2, -0.15) is 0 Å². The molecule has 19 heteroatoms. The van der Waals surface area contributed by atoms with E-state index in [1.807, 2.05) is 6.08 Å². The number of aliphatic hydroxyl groups excluding tert-OH is 2. The number of hydrogen-bond acceptors (Lipinski definition) is 18. The van der Waals surface area contributed by atoms with Crippen molar-refractivity contribution >= 4 is 47.5 Å². The number of ether oxygens (including phenoxy) is 7. The second kappa shape index (κ2) is 28.2. The molecular weight excluding hydrogens is 1240 g/mol. The maximum Gasteiger partial charge on any atom is 0.338 e. The number of carbonyl (C=O) groups excluding carboxylic acids is 8. The van der Waals surface area contributed by atoms with Crippen LogP contribution in [0.2, 0.25) is 0 Å². The zero-order chi connectivity index (χ0) is 69.5. The molecule has 0 spiro atoms. The zero-order valence-electron chi connectivity index (χ0n) is 56.8. The molecule has 3 aromatic carbocycles. The van der Waals surface area contributed by atoms with Crippen LogP contribution in [0.5, 0.6) is 0 Å². The Balaban J connectivity index is 0.881. The van der Waals surface area contributed by atoms with Crippen LogP contribution < -0.4 is 5.32 Å². The Morgan fingerprint density at radius 1 is 0.773 bits per heavy atom. The van der Waals surface area contributed by atoms with Crippen molar-refractivity contribution in [2.75, 3.05) is 6.61 Å². The Kier molecular flexibility index (Phi) is 20.5. The summed E-state index contributed by atoms with van der Waals surface area (Å²) in [6.07, 6.45) is 5.16. The van der Waals surface area contributed by atoms with E-state index in [0.29, 0.717) is 17.4 Å². The molecule has 7 aliphatic carbocycles. The molecule has 11 rings (SSSR count). The maximum absolute atomic E-state index is 16.6. The minimum Gasteiger partial charge on any atom is -0.461 e. The molecule has 8 aliphatic rings. The van der Waals surface area contributed by atoms with Crippen molar-refractivity contribution in [2.45, 2.75) is 211 Å². The van der Waals surface area contributed by atoms with Crippen molar-refractivity contribution in [3.8, 4) is 0 Å². The van der Waals surface area contributed by atoms with Gasteiger partial charge in [0, 0.05) is 37.7 Å². The van der Waals surface area contributed by atoms with Gasteiger partial charge in [0.05, 0.1) is 48.5 Å². The molecule has 0 radical (unpaired) electrons. The van der Waals surface area contributed by atoms with E-state index < -0.39 is 156 Å². The fourth-order valence-electron chi connectivity index (χ4n) is 17.7. The normalized spacial score (nSPS) is 33.2. The summed E-state index contributed by atoms with van der Waals surface area (Å²) >= 11 is 0. The van der Waals surface area contributed by atoms with Crippen LogP contribution in [-0.4, -0.2) is 129 Å². The number of rotatable bonds is 20. The van der Waals surface area contributed by atoms with Gasteiger partial charge >= 0.3 is 35.8 Å². The van der Waals surface area contributed by atoms with E-state index in [1.165, 1.54) is 31.6 Å². The first-order valence-electron chi connectivity index (χ1n) is 34.5.